The van der Waals surface area contributed by atoms with Crippen molar-refractivity contribution in [3.63, 3.8) is 0 Å². The number of hydrogen-bond donors (Lipinski definition) is 0. The lowest BCUT2D eigenvalue weighted by molar-refractivity contribution is 0.225. The quantitative estimate of drug-likeness (QED) is 0.663. The van der Waals surface area contributed by atoms with Crippen molar-refractivity contribution in [3.05, 3.63) is 0 Å². The Hall–Kier alpha value is 0.350. The molecule has 1 saturated carbocycles. The second kappa shape index (κ2) is 5.12. The smallest absolute Gasteiger partial charge is 0.00547 e. The highest BCUT2D eigenvalue weighted by Gasteiger charge is 2.42. The predicted octanol–water partition coefficient (Wildman–Crippen LogP) is 4.84. The Kier molecular flexibility index (Phi) is 4.58. The molecule has 0 heterocycles. The molecule has 0 N–H and O–H groups in total. The van der Waals surface area contributed by atoms with Crippen molar-refractivity contribution in [1.82, 2.24) is 0 Å². The summed E-state index contributed by atoms with van der Waals surface area (Å²) in [6.45, 7) is 14.5. The van der Waals surface area contributed by atoms with Crippen molar-refractivity contribution in [1.29, 1.82) is 0 Å². The fraction of sp³-hybridized carbons (Fsp3) is 1.00. The van der Waals surface area contributed by atoms with Gasteiger partial charge in [-0.25, -0.2) is 0 Å². The van der Waals surface area contributed by atoms with Crippen molar-refractivity contribution in [2.45, 2.75) is 59.6 Å². The van der Waals surface area contributed by atoms with E-state index < -0.39 is 0 Å². The van der Waals surface area contributed by atoms with Gasteiger partial charge < -0.3 is 0 Å². The van der Waals surface area contributed by atoms with Gasteiger partial charge >= 0.3 is 0 Å². The zero-order chi connectivity index (χ0) is 11.6. The van der Waals surface area contributed by atoms with Crippen LogP contribution in [-0.2, 0) is 0 Å². The van der Waals surface area contributed by atoms with Crippen LogP contribution < -0.4 is 0 Å². The minimum absolute atomic E-state index is 0.572. The molecule has 1 heteroatoms. The molecule has 0 saturated heterocycles. The minimum atomic E-state index is 0.572. The van der Waals surface area contributed by atoms with Gasteiger partial charge in [0.05, 0.1) is 0 Å². The van der Waals surface area contributed by atoms with Gasteiger partial charge in [-0.1, -0.05) is 41.5 Å². The van der Waals surface area contributed by atoms with Crippen LogP contribution in [0.4, 0.5) is 0 Å². The molecular weight excluding hydrogens is 200 g/mol. The summed E-state index contributed by atoms with van der Waals surface area (Å²) in [5.41, 5.74) is 0.572. The maximum atomic E-state index is 2.47. The van der Waals surface area contributed by atoms with Crippen LogP contribution in [0, 0.1) is 23.2 Å². The first-order valence-electron chi connectivity index (χ1n) is 6.46. The summed E-state index contributed by atoms with van der Waals surface area (Å²) < 4.78 is 0. The van der Waals surface area contributed by atoms with Crippen molar-refractivity contribution in [2.24, 2.45) is 23.2 Å². The Morgan fingerprint density at radius 3 is 2.27 bits per heavy atom. The Bertz CT molecular complexity index is 196. The third-order valence-corrected chi connectivity index (χ3v) is 5.64. The highest BCUT2D eigenvalue weighted by molar-refractivity contribution is 7.99. The Labute approximate surface area is 101 Å². The molecule has 1 aliphatic rings. The molecule has 1 rings (SSSR count). The molecule has 3 unspecified atom stereocenters. The average molecular weight is 228 g/mol. The standard InChI is InChI=1S/C14H28S/c1-10(2)9-15-12(4)13-11(3)7-8-14(13,5)6/h10-13H,7-9H2,1-6H3. The molecule has 90 valence electrons. The lowest BCUT2D eigenvalue weighted by Crippen LogP contribution is -2.29. The fourth-order valence-corrected chi connectivity index (χ4v) is 4.79. The Morgan fingerprint density at radius 1 is 1.27 bits per heavy atom. The predicted molar refractivity (Wildman–Crippen MR) is 72.4 cm³/mol. The van der Waals surface area contributed by atoms with E-state index in [9.17, 15) is 0 Å². The topological polar surface area (TPSA) is 0 Å². The van der Waals surface area contributed by atoms with E-state index in [1.165, 1.54) is 18.6 Å². The molecule has 0 aliphatic heterocycles. The molecule has 0 spiro atoms. The fourth-order valence-electron chi connectivity index (χ4n) is 3.26. The molecule has 0 radical (unpaired) electrons. The van der Waals surface area contributed by atoms with Gasteiger partial charge in [0.15, 0.2) is 0 Å². The van der Waals surface area contributed by atoms with Gasteiger partial charge in [-0.15, -0.1) is 0 Å². The van der Waals surface area contributed by atoms with E-state index in [1.54, 1.807) is 0 Å². The number of rotatable bonds is 4. The Morgan fingerprint density at radius 2 is 1.87 bits per heavy atom. The highest BCUT2D eigenvalue weighted by atomic mass is 32.2. The van der Waals surface area contributed by atoms with E-state index >= 15 is 0 Å². The van der Waals surface area contributed by atoms with Crippen molar-refractivity contribution in [3.8, 4) is 0 Å². The van der Waals surface area contributed by atoms with Gasteiger partial charge in [0.1, 0.15) is 0 Å². The van der Waals surface area contributed by atoms with E-state index in [-0.39, 0.29) is 0 Å². The molecule has 0 bridgehead atoms. The summed E-state index contributed by atoms with van der Waals surface area (Å²) in [7, 11) is 0. The maximum absolute atomic E-state index is 2.47. The van der Waals surface area contributed by atoms with Crippen LogP contribution in [-0.4, -0.2) is 11.0 Å². The van der Waals surface area contributed by atoms with Crippen LogP contribution in [0.25, 0.3) is 0 Å². The summed E-state index contributed by atoms with van der Waals surface area (Å²) in [4.78, 5) is 0. The summed E-state index contributed by atoms with van der Waals surface area (Å²) in [5.74, 6) is 3.99. The van der Waals surface area contributed by atoms with Crippen LogP contribution in [0.2, 0.25) is 0 Å². The number of hydrogen-bond acceptors (Lipinski definition) is 1. The van der Waals surface area contributed by atoms with Gasteiger partial charge in [-0.2, -0.15) is 11.8 Å². The van der Waals surface area contributed by atoms with Crippen LogP contribution in [0.15, 0.2) is 0 Å². The Balaban J connectivity index is 2.53. The minimum Gasteiger partial charge on any atom is -0.158 e. The largest absolute Gasteiger partial charge is 0.158 e. The van der Waals surface area contributed by atoms with Crippen molar-refractivity contribution in [2.75, 3.05) is 5.75 Å². The first-order valence-corrected chi connectivity index (χ1v) is 7.51. The second-order valence-electron chi connectivity index (χ2n) is 6.46. The normalized spacial score (nSPS) is 32.2. The lowest BCUT2D eigenvalue weighted by atomic mass is 9.77. The molecule has 0 amide bonds. The third kappa shape index (κ3) is 3.41. The van der Waals surface area contributed by atoms with E-state index in [0.29, 0.717) is 5.41 Å². The van der Waals surface area contributed by atoms with Crippen LogP contribution >= 0.6 is 11.8 Å². The van der Waals surface area contributed by atoms with E-state index in [4.69, 9.17) is 0 Å². The number of thioether (sulfide) groups is 1. The van der Waals surface area contributed by atoms with Crippen LogP contribution in [0.1, 0.15) is 54.4 Å². The molecular formula is C14H28S. The monoisotopic (exact) mass is 228 g/mol. The molecule has 3 atom stereocenters. The van der Waals surface area contributed by atoms with E-state index in [1.807, 2.05) is 0 Å². The average Bonchev–Trinajstić information content (AvgIpc) is 2.37. The summed E-state index contributed by atoms with van der Waals surface area (Å²) in [6, 6.07) is 0. The van der Waals surface area contributed by atoms with Gasteiger partial charge in [-0.3, -0.25) is 0 Å². The third-order valence-electron chi connectivity index (χ3n) is 3.96. The zero-order valence-corrected chi connectivity index (χ0v) is 12.2. The van der Waals surface area contributed by atoms with Crippen LogP contribution in [0.3, 0.4) is 0 Å². The molecule has 1 fully saturated rings. The van der Waals surface area contributed by atoms with E-state index in [2.05, 4.69) is 53.3 Å². The second-order valence-corrected chi connectivity index (χ2v) is 7.87. The van der Waals surface area contributed by atoms with Gasteiger partial charge in [-0.05, 0) is 41.8 Å². The first kappa shape index (κ1) is 13.4. The lowest BCUT2D eigenvalue weighted by Gasteiger charge is -2.34. The summed E-state index contributed by atoms with van der Waals surface area (Å²) in [6.07, 6.45) is 2.86. The molecule has 1 aliphatic carbocycles. The van der Waals surface area contributed by atoms with Gasteiger partial charge in [0.2, 0.25) is 0 Å². The summed E-state index contributed by atoms with van der Waals surface area (Å²) in [5, 5.41) is 0.833. The van der Waals surface area contributed by atoms with Gasteiger partial charge in [0, 0.05) is 5.25 Å². The zero-order valence-electron chi connectivity index (χ0n) is 11.3. The van der Waals surface area contributed by atoms with Crippen molar-refractivity contribution >= 4 is 11.8 Å². The SMILES string of the molecule is CC(C)CSC(C)C1C(C)CCC1(C)C. The molecule has 0 aromatic carbocycles. The van der Waals surface area contributed by atoms with E-state index in [0.717, 1.165) is 23.0 Å². The molecule has 0 aromatic heterocycles. The molecule has 0 aromatic rings. The highest BCUT2D eigenvalue weighted by Crippen LogP contribution is 2.50. The maximum Gasteiger partial charge on any atom is 0.00547 e. The first-order chi connectivity index (χ1) is 6.84. The molecule has 15 heavy (non-hydrogen) atoms. The van der Waals surface area contributed by atoms with Crippen molar-refractivity contribution < 1.29 is 0 Å². The van der Waals surface area contributed by atoms with Gasteiger partial charge in [0.25, 0.3) is 0 Å². The summed E-state index contributed by atoms with van der Waals surface area (Å²) >= 11 is 2.19. The molecule has 0 nitrogen and oxygen atoms in total. The van der Waals surface area contributed by atoms with Crippen LogP contribution in [0.5, 0.6) is 0 Å².